The average Bonchev–Trinajstić information content (AvgIpc) is 2.37. The number of hydrogen-bond donors (Lipinski definition) is 0. The lowest BCUT2D eigenvalue weighted by Crippen LogP contribution is -2.71. The van der Waals surface area contributed by atoms with Crippen LogP contribution in [0.3, 0.4) is 0 Å². The molecule has 23 heavy (non-hydrogen) atoms. The molecule has 1 nitrogen and oxygen atoms in total. The van der Waals surface area contributed by atoms with Gasteiger partial charge in [-0.15, -0.1) is 0 Å². The Kier molecular flexibility index (Phi) is 3.81. The van der Waals surface area contributed by atoms with Crippen LogP contribution in [-0.2, 0) is 4.79 Å². The van der Waals surface area contributed by atoms with E-state index in [9.17, 15) is 61.9 Å². The van der Waals surface area contributed by atoms with Gasteiger partial charge in [0.15, 0.2) is 0 Å². The maximum atomic E-state index is 13.6. The van der Waals surface area contributed by atoms with Crippen LogP contribution in [0.4, 0.5) is 57.1 Å². The van der Waals surface area contributed by atoms with Gasteiger partial charge >= 0.3 is 41.2 Å². The molecule has 0 aromatic rings. The van der Waals surface area contributed by atoms with E-state index >= 15 is 0 Å². The third kappa shape index (κ3) is 1.65. The number of halogens is 14. The Balaban J connectivity index is 4.15. The van der Waals surface area contributed by atoms with Gasteiger partial charge in [-0.3, -0.25) is 4.79 Å². The zero-order valence-corrected chi connectivity index (χ0v) is 10.5. The van der Waals surface area contributed by atoms with Crippen molar-refractivity contribution in [1.29, 1.82) is 0 Å². The SMILES string of the molecule is O=C(Cl)C1(F)C(F)(F)C(F)(C(F)(F)F)C(F)(C(F)(F)F)C1(F)F. The second-order valence-corrected chi connectivity index (χ2v) is 4.74. The van der Waals surface area contributed by atoms with Crippen molar-refractivity contribution in [3.63, 3.8) is 0 Å². The van der Waals surface area contributed by atoms with Crippen LogP contribution >= 0.6 is 11.6 Å². The Bertz CT molecular complexity index is 497. The van der Waals surface area contributed by atoms with Crippen LogP contribution in [-0.4, -0.2) is 46.4 Å². The maximum Gasteiger partial charge on any atom is 0.432 e. The molecule has 1 rings (SSSR count). The minimum atomic E-state index is -7.84. The van der Waals surface area contributed by atoms with Crippen molar-refractivity contribution < 1.29 is 61.9 Å². The molecule has 0 radical (unpaired) electrons. The summed E-state index contributed by atoms with van der Waals surface area (Å²) in [6.07, 6.45) is -15.4. The Morgan fingerprint density at radius 2 is 0.870 bits per heavy atom. The number of rotatable bonds is 1. The van der Waals surface area contributed by atoms with Crippen molar-refractivity contribution in [1.82, 2.24) is 0 Å². The van der Waals surface area contributed by atoms with Crippen molar-refractivity contribution >= 4 is 16.8 Å². The molecule has 0 bridgehead atoms. The van der Waals surface area contributed by atoms with Gasteiger partial charge in [-0.05, 0) is 11.6 Å². The number of carbonyl (C=O) groups is 1. The molecule has 1 saturated carbocycles. The molecule has 1 aliphatic rings. The fourth-order valence-corrected chi connectivity index (χ4v) is 2.34. The first-order valence-electron chi connectivity index (χ1n) is 4.85. The van der Waals surface area contributed by atoms with Crippen LogP contribution < -0.4 is 0 Å². The average molecular weight is 395 g/mol. The fourth-order valence-electron chi connectivity index (χ4n) is 2.10. The lowest BCUT2D eigenvalue weighted by molar-refractivity contribution is -0.389. The largest absolute Gasteiger partial charge is 0.432 e. The Morgan fingerprint density at radius 1 is 0.652 bits per heavy atom. The Labute approximate surface area is 121 Å². The third-order valence-corrected chi connectivity index (χ3v) is 3.52. The second kappa shape index (κ2) is 4.36. The maximum absolute atomic E-state index is 13.6. The number of carbonyl (C=O) groups excluding carboxylic acids is 1. The molecule has 0 spiro atoms. The summed E-state index contributed by atoms with van der Waals surface area (Å²) in [5.74, 6) is -15.1. The third-order valence-electron chi connectivity index (χ3n) is 3.26. The zero-order valence-electron chi connectivity index (χ0n) is 9.70. The van der Waals surface area contributed by atoms with E-state index in [0.717, 1.165) is 0 Å². The highest BCUT2D eigenvalue weighted by atomic mass is 35.5. The minimum absolute atomic E-state index is 3.84. The molecule has 1 fully saturated rings. The van der Waals surface area contributed by atoms with Crippen molar-refractivity contribution in [2.75, 3.05) is 0 Å². The van der Waals surface area contributed by atoms with E-state index in [2.05, 4.69) is 11.6 Å². The van der Waals surface area contributed by atoms with Gasteiger partial charge in [-0.2, -0.15) is 43.9 Å². The molecule has 0 aromatic carbocycles. The lowest BCUT2D eigenvalue weighted by Gasteiger charge is -2.38. The summed E-state index contributed by atoms with van der Waals surface area (Å²) in [6.45, 7) is 0. The summed E-state index contributed by atoms with van der Waals surface area (Å²) in [7, 11) is 0. The van der Waals surface area contributed by atoms with E-state index in [1.54, 1.807) is 0 Å². The van der Waals surface area contributed by atoms with E-state index < -0.39 is 46.4 Å². The predicted octanol–water partition coefficient (Wildman–Crippen LogP) is 4.29. The molecule has 0 aliphatic heterocycles. The number of hydrogen-bond acceptors (Lipinski definition) is 1. The molecule has 0 aromatic heterocycles. The molecule has 136 valence electrons. The summed E-state index contributed by atoms with van der Waals surface area (Å²) in [5, 5.41) is -3.84. The van der Waals surface area contributed by atoms with Gasteiger partial charge < -0.3 is 0 Å². The van der Waals surface area contributed by atoms with Gasteiger partial charge in [0, 0.05) is 0 Å². The van der Waals surface area contributed by atoms with Crippen LogP contribution in [0.1, 0.15) is 0 Å². The molecule has 15 heteroatoms. The van der Waals surface area contributed by atoms with Gasteiger partial charge in [0.1, 0.15) is 0 Å². The zero-order chi connectivity index (χ0) is 19.1. The Morgan fingerprint density at radius 3 is 1.00 bits per heavy atom. The quantitative estimate of drug-likeness (QED) is 0.479. The molecule has 2 unspecified atom stereocenters. The summed E-state index contributed by atoms with van der Waals surface area (Å²) >= 11 is 3.91. The molecule has 1 aliphatic carbocycles. The lowest BCUT2D eigenvalue weighted by atomic mass is 9.85. The molecular weight excluding hydrogens is 395 g/mol. The van der Waals surface area contributed by atoms with Gasteiger partial charge in [0.05, 0.1) is 0 Å². The highest BCUT2D eigenvalue weighted by molar-refractivity contribution is 6.65. The van der Waals surface area contributed by atoms with E-state index in [1.807, 2.05) is 0 Å². The predicted molar refractivity (Wildman–Crippen MR) is 44.4 cm³/mol. The standard InChI is InChI=1S/C8ClF13O/c9-1(23)2(10)5(13,14)3(11,7(17,18)19)4(12,6(2,15)16)8(20,21)22. The van der Waals surface area contributed by atoms with Gasteiger partial charge in [0.2, 0.25) is 0 Å². The van der Waals surface area contributed by atoms with Gasteiger partial charge in [-0.25, -0.2) is 13.2 Å². The molecular formula is C8ClF13O. The Hall–Kier alpha value is -0.950. The summed E-state index contributed by atoms with van der Waals surface area (Å²) in [5.41, 5.74) is -22.6. The first-order chi connectivity index (χ1) is 9.69. The molecule has 0 saturated heterocycles. The van der Waals surface area contributed by atoms with E-state index in [0.29, 0.717) is 0 Å². The molecule has 0 N–H and O–H groups in total. The van der Waals surface area contributed by atoms with Crippen molar-refractivity contribution in [2.24, 2.45) is 0 Å². The fraction of sp³-hybridized carbons (Fsp3) is 0.875. The van der Waals surface area contributed by atoms with E-state index in [-0.39, 0.29) is 0 Å². The normalized spacial score (nSPS) is 40.3. The van der Waals surface area contributed by atoms with Crippen LogP contribution in [0, 0.1) is 0 Å². The second-order valence-electron chi connectivity index (χ2n) is 4.39. The summed E-state index contributed by atoms with van der Waals surface area (Å²) in [6, 6.07) is 0. The van der Waals surface area contributed by atoms with Gasteiger partial charge in [0.25, 0.3) is 5.24 Å². The van der Waals surface area contributed by atoms with Crippen molar-refractivity contribution in [3.8, 4) is 0 Å². The topological polar surface area (TPSA) is 17.1 Å². The molecule has 0 heterocycles. The molecule has 2 atom stereocenters. The highest BCUT2D eigenvalue weighted by Crippen LogP contribution is 2.75. The van der Waals surface area contributed by atoms with Gasteiger partial charge in [-0.1, -0.05) is 0 Å². The summed E-state index contributed by atoms with van der Waals surface area (Å²) < 4.78 is 168. The van der Waals surface area contributed by atoms with E-state index in [4.69, 9.17) is 0 Å². The first-order valence-corrected chi connectivity index (χ1v) is 5.23. The summed E-state index contributed by atoms with van der Waals surface area (Å²) in [4.78, 5) is 10.4. The van der Waals surface area contributed by atoms with Crippen LogP contribution in [0.15, 0.2) is 0 Å². The van der Waals surface area contributed by atoms with Crippen molar-refractivity contribution in [3.05, 3.63) is 0 Å². The first kappa shape index (κ1) is 20.1. The molecule has 0 amide bonds. The monoisotopic (exact) mass is 394 g/mol. The van der Waals surface area contributed by atoms with E-state index in [1.165, 1.54) is 0 Å². The number of alkyl halides is 13. The minimum Gasteiger partial charge on any atom is -0.277 e. The van der Waals surface area contributed by atoms with Crippen molar-refractivity contribution in [2.45, 2.75) is 41.2 Å². The van der Waals surface area contributed by atoms with Crippen LogP contribution in [0.2, 0.25) is 0 Å². The van der Waals surface area contributed by atoms with Crippen LogP contribution in [0.25, 0.3) is 0 Å². The smallest absolute Gasteiger partial charge is 0.277 e. The highest BCUT2D eigenvalue weighted by Gasteiger charge is 3.09. The van der Waals surface area contributed by atoms with Crippen LogP contribution in [0.5, 0.6) is 0 Å².